The van der Waals surface area contributed by atoms with Crippen molar-refractivity contribution in [3.05, 3.63) is 114 Å². The van der Waals surface area contributed by atoms with Crippen molar-refractivity contribution in [1.29, 1.82) is 0 Å². The lowest BCUT2D eigenvalue weighted by Gasteiger charge is -2.12. The molecule has 4 aromatic rings. The van der Waals surface area contributed by atoms with Crippen molar-refractivity contribution in [2.45, 2.75) is 13.3 Å². The summed E-state index contributed by atoms with van der Waals surface area (Å²) in [5.41, 5.74) is 5.44. The summed E-state index contributed by atoms with van der Waals surface area (Å²) >= 11 is 0. The molecule has 7 heteroatoms. The van der Waals surface area contributed by atoms with Gasteiger partial charge in [-0.25, -0.2) is 10.2 Å². The maximum absolute atomic E-state index is 12.8. The van der Waals surface area contributed by atoms with Gasteiger partial charge in [0.05, 0.1) is 18.9 Å². The number of carbonyl (C=O) groups excluding carboxylic acids is 2. The standard InChI is InChI=1S/C31H28N2O5/c1-4-8-22-13-15-28(29(18-22)36-3)37-20-30(34)33-32-19-26-25-12-6-5-10-23(25)14-16-27(26)38-31(35)24-11-7-9-21(2)17-24/h4-7,9-19H,1,8,20H2,2-3H3,(H,33,34)/b32-19-. The number of hydrogen-bond donors (Lipinski definition) is 1. The van der Waals surface area contributed by atoms with Crippen LogP contribution in [-0.2, 0) is 11.2 Å². The van der Waals surface area contributed by atoms with E-state index in [9.17, 15) is 9.59 Å². The summed E-state index contributed by atoms with van der Waals surface area (Å²) in [6.07, 6.45) is 3.96. The molecule has 0 unspecified atom stereocenters. The average molecular weight is 509 g/mol. The van der Waals surface area contributed by atoms with Crippen LogP contribution in [0.5, 0.6) is 17.2 Å². The number of nitrogens with one attached hydrogen (secondary N) is 1. The molecule has 7 nitrogen and oxygen atoms in total. The molecule has 0 saturated carbocycles. The molecule has 0 aliphatic carbocycles. The largest absolute Gasteiger partial charge is 0.493 e. The number of methoxy groups -OCH3 is 1. The Labute approximate surface area is 221 Å². The molecule has 0 saturated heterocycles. The van der Waals surface area contributed by atoms with Crippen LogP contribution >= 0.6 is 0 Å². The Bertz CT molecular complexity index is 1510. The highest BCUT2D eigenvalue weighted by atomic mass is 16.5. The number of hydrazone groups is 1. The summed E-state index contributed by atoms with van der Waals surface area (Å²) in [6.45, 7) is 5.38. The van der Waals surface area contributed by atoms with Crippen LogP contribution in [0.2, 0.25) is 0 Å². The SMILES string of the molecule is C=CCc1ccc(OCC(=O)N/N=C\c2c(OC(=O)c3cccc(C)c3)ccc3ccccc23)c(OC)c1. The maximum atomic E-state index is 12.8. The van der Waals surface area contributed by atoms with Gasteiger partial charge in [0, 0.05) is 5.56 Å². The fourth-order valence-electron chi connectivity index (χ4n) is 3.90. The minimum atomic E-state index is -0.482. The zero-order valence-electron chi connectivity index (χ0n) is 21.3. The third kappa shape index (κ3) is 6.44. The Morgan fingerprint density at radius 1 is 0.947 bits per heavy atom. The first-order valence-corrected chi connectivity index (χ1v) is 12.0. The monoisotopic (exact) mass is 508 g/mol. The molecule has 0 atom stereocenters. The second-order valence-electron chi connectivity index (χ2n) is 8.52. The number of fused-ring (bicyclic) bond motifs is 1. The third-order valence-corrected chi connectivity index (χ3v) is 5.74. The Balaban J connectivity index is 1.48. The molecule has 4 aromatic carbocycles. The van der Waals surface area contributed by atoms with Crippen molar-refractivity contribution >= 4 is 28.9 Å². The van der Waals surface area contributed by atoms with Crippen molar-refractivity contribution in [2.24, 2.45) is 5.10 Å². The van der Waals surface area contributed by atoms with Crippen molar-refractivity contribution in [3.63, 3.8) is 0 Å². The van der Waals surface area contributed by atoms with E-state index in [1.54, 1.807) is 36.4 Å². The molecule has 0 spiro atoms. The van der Waals surface area contributed by atoms with Crippen molar-refractivity contribution in [3.8, 4) is 17.2 Å². The quantitative estimate of drug-likeness (QED) is 0.0986. The van der Waals surface area contributed by atoms with Crippen LogP contribution in [0, 0.1) is 6.92 Å². The minimum Gasteiger partial charge on any atom is -0.493 e. The van der Waals surface area contributed by atoms with Crippen LogP contribution < -0.4 is 19.6 Å². The van der Waals surface area contributed by atoms with Gasteiger partial charge in [0.1, 0.15) is 5.75 Å². The van der Waals surface area contributed by atoms with Gasteiger partial charge in [0.15, 0.2) is 18.1 Å². The van der Waals surface area contributed by atoms with Gasteiger partial charge < -0.3 is 14.2 Å². The van der Waals surface area contributed by atoms with E-state index < -0.39 is 11.9 Å². The summed E-state index contributed by atoms with van der Waals surface area (Å²) in [5, 5.41) is 5.86. The number of hydrogen-bond acceptors (Lipinski definition) is 6. The van der Waals surface area contributed by atoms with Gasteiger partial charge in [-0.15, -0.1) is 6.58 Å². The summed E-state index contributed by atoms with van der Waals surface area (Å²) in [7, 11) is 1.54. The Morgan fingerprint density at radius 3 is 2.55 bits per heavy atom. The predicted molar refractivity (Wildman–Crippen MR) is 148 cm³/mol. The zero-order chi connectivity index (χ0) is 26.9. The summed E-state index contributed by atoms with van der Waals surface area (Å²) in [4.78, 5) is 25.2. The van der Waals surface area contributed by atoms with E-state index in [1.165, 1.54) is 13.3 Å². The molecule has 1 N–H and O–H groups in total. The summed E-state index contributed by atoms with van der Waals surface area (Å²) in [5.74, 6) is 0.352. The molecular weight excluding hydrogens is 480 g/mol. The van der Waals surface area contributed by atoms with E-state index in [0.29, 0.717) is 34.8 Å². The van der Waals surface area contributed by atoms with E-state index in [4.69, 9.17) is 14.2 Å². The van der Waals surface area contributed by atoms with E-state index in [2.05, 4.69) is 17.1 Å². The van der Waals surface area contributed by atoms with Gasteiger partial charge in [-0.3, -0.25) is 4.79 Å². The summed E-state index contributed by atoms with van der Waals surface area (Å²) < 4.78 is 16.7. The van der Waals surface area contributed by atoms with Crippen LogP contribution in [-0.4, -0.2) is 31.8 Å². The van der Waals surface area contributed by atoms with Gasteiger partial charge in [0.2, 0.25) is 0 Å². The molecule has 0 aliphatic rings. The maximum Gasteiger partial charge on any atom is 0.343 e. The van der Waals surface area contributed by atoms with Crippen LogP contribution in [0.15, 0.2) is 96.6 Å². The lowest BCUT2D eigenvalue weighted by molar-refractivity contribution is -0.123. The number of nitrogens with zero attached hydrogens (tertiary/aromatic N) is 1. The zero-order valence-corrected chi connectivity index (χ0v) is 21.3. The molecule has 0 aromatic heterocycles. The first-order chi connectivity index (χ1) is 18.5. The fraction of sp³-hybridized carbons (Fsp3) is 0.129. The molecule has 192 valence electrons. The Hall–Kier alpha value is -4.91. The lowest BCUT2D eigenvalue weighted by Crippen LogP contribution is -2.24. The fourth-order valence-corrected chi connectivity index (χ4v) is 3.90. The highest BCUT2D eigenvalue weighted by Crippen LogP contribution is 2.29. The van der Waals surface area contributed by atoms with E-state index in [-0.39, 0.29) is 6.61 Å². The predicted octanol–water partition coefficient (Wildman–Crippen LogP) is 5.63. The van der Waals surface area contributed by atoms with E-state index in [0.717, 1.165) is 21.9 Å². The van der Waals surface area contributed by atoms with Crippen molar-refractivity contribution < 1.29 is 23.8 Å². The summed E-state index contributed by atoms with van der Waals surface area (Å²) in [6, 6.07) is 23.9. The van der Waals surface area contributed by atoms with Gasteiger partial charge >= 0.3 is 5.97 Å². The number of benzene rings is 4. The molecular formula is C31H28N2O5. The van der Waals surface area contributed by atoms with Crippen LogP contribution in [0.25, 0.3) is 10.8 Å². The van der Waals surface area contributed by atoms with E-state index in [1.807, 2.05) is 55.5 Å². The number of carbonyl (C=O) groups is 2. The van der Waals surface area contributed by atoms with Crippen LogP contribution in [0.3, 0.4) is 0 Å². The number of ether oxygens (including phenoxy) is 3. The number of allylic oxidation sites excluding steroid dienone is 1. The van der Waals surface area contributed by atoms with Gasteiger partial charge in [-0.1, -0.05) is 60.2 Å². The molecule has 0 heterocycles. The van der Waals surface area contributed by atoms with Crippen molar-refractivity contribution in [2.75, 3.05) is 13.7 Å². The number of esters is 1. The molecule has 4 rings (SSSR count). The molecule has 1 amide bonds. The smallest absolute Gasteiger partial charge is 0.343 e. The third-order valence-electron chi connectivity index (χ3n) is 5.74. The lowest BCUT2D eigenvalue weighted by atomic mass is 10.0. The van der Waals surface area contributed by atoms with Crippen molar-refractivity contribution in [1.82, 2.24) is 5.43 Å². The first kappa shape index (κ1) is 26.2. The van der Waals surface area contributed by atoms with Gasteiger partial charge in [0.25, 0.3) is 5.91 Å². The Kier molecular flexibility index (Phi) is 8.51. The molecule has 0 radical (unpaired) electrons. The topological polar surface area (TPSA) is 86.2 Å². The van der Waals surface area contributed by atoms with E-state index >= 15 is 0 Å². The van der Waals surface area contributed by atoms with Crippen LogP contribution in [0.1, 0.15) is 27.0 Å². The van der Waals surface area contributed by atoms with Gasteiger partial charge in [-0.2, -0.15) is 5.10 Å². The molecule has 0 aliphatic heterocycles. The number of rotatable bonds is 10. The first-order valence-electron chi connectivity index (χ1n) is 12.0. The highest BCUT2D eigenvalue weighted by Gasteiger charge is 2.14. The molecule has 0 fully saturated rings. The number of amides is 1. The Morgan fingerprint density at radius 2 is 1.76 bits per heavy atom. The highest BCUT2D eigenvalue weighted by molar-refractivity contribution is 6.04. The van der Waals surface area contributed by atoms with Crippen LogP contribution in [0.4, 0.5) is 0 Å². The second-order valence-corrected chi connectivity index (χ2v) is 8.52. The number of aryl methyl sites for hydroxylation is 1. The minimum absolute atomic E-state index is 0.265. The normalized spacial score (nSPS) is 10.8. The second kappa shape index (κ2) is 12.4. The van der Waals surface area contributed by atoms with Gasteiger partial charge in [-0.05, 0) is 60.0 Å². The average Bonchev–Trinajstić information content (AvgIpc) is 2.93. The molecule has 38 heavy (non-hydrogen) atoms. The molecule has 0 bridgehead atoms.